The number of amides is 3. The molecule has 2 aliphatic heterocycles. The first-order chi connectivity index (χ1) is 19.4. The number of hydrazine groups is 1. The lowest BCUT2D eigenvalue weighted by Crippen LogP contribution is -2.56. The number of likely N-dealkylation sites (tertiary alicyclic amines) is 1. The molecule has 10 nitrogen and oxygen atoms in total. The highest BCUT2D eigenvalue weighted by Gasteiger charge is 2.47. The summed E-state index contributed by atoms with van der Waals surface area (Å²) >= 11 is 6.24. The molecule has 11 heteroatoms. The standard InChI is InChI=1S/C30H36ClN5O5/c1-17-12-20(8-10-24(17)41-25-13-18(2)34-35-28(25)39)27(38)33-22(15-37)29(40)36-23(19-6-5-7-21(31)14-19)9-11-26(36)30(3,4)16-32/h5-8,10,12,14,18,22-23,25-26,34,37H,9,11,13,15H2,1-4H3,(H,33,38)(H,35,39)/t18?,22-,23+,25?,26-/m1/s1. The van der Waals surface area contributed by atoms with Gasteiger partial charge in [-0.2, -0.15) is 5.26 Å². The van der Waals surface area contributed by atoms with Crippen LogP contribution in [0.2, 0.25) is 5.02 Å². The van der Waals surface area contributed by atoms with E-state index in [-0.39, 0.29) is 23.6 Å². The van der Waals surface area contributed by atoms with E-state index in [1.54, 1.807) is 56.0 Å². The minimum Gasteiger partial charge on any atom is -0.480 e. The summed E-state index contributed by atoms with van der Waals surface area (Å²) in [6.45, 7) is 6.64. The van der Waals surface area contributed by atoms with E-state index in [2.05, 4.69) is 22.2 Å². The maximum Gasteiger partial charge on any atom is 0.275 e. The summed E-state index contributed by atoms with van der Waals surface area (Å²) in [5.74, 6) is -0.827. The van der Waals surface area contributed by atoms with Crippen LogP contribution in [0.15, 0.2) is 42.5 Å². The number of hydrogen-bond acceptors (Lipinski definition) is 7. The lowest BCUT2D eigenvalue weighted by atomic mass is 9.84. The average Bonchev–Trinajstić information content (AvgIpc) is 3.40. The first-order valence-electron chi connectivity index (χ1n) is 13.7. The van der Waals surface area contributed by atoms with Gasteiger partial charge < -0.3 is 20.1 Å². The molecule has 2 aromatic carbocycles. The van der Waals surface area contributed by atoms with Gasteiger partial charge in [0.2, 0.25) is 5.91 Å². The number of halogens is 1. The maximum absolute atomic E-state index is 13.9. The van der Waals surface area contributed by atoms with Crippen LogP contribution in [-0.2, 0) is 9.59 Å². The fourth-order valence-electron chi connectivity index (χ4n) is 5.49. The number of nitrogens with zero attached hydrogens (tertiary/aromatic N) is 2. The number of rotatable bonds is 8. The number of aliphatic hydroxyl groups excluding tert-OH is 1. The fraction of sp³-hybridized carbons (Fsp3) is 0.467. The Kier molecular flexibility index (Phi) is 9.22. The van der Waals surface area contributed by atoms with E-state index < -0.39 is 42.0 Å². The number of benzene rings is 2. The normalized spacial score (nSPS) is 23.3. The average molecular weight is 582 g/mol. The quantitative estimate of drug-likeness (QED) is 0.375. The molecule has 0 aliphatic carbocycles. The molecular weight excluding hydrogens is 546 g/mol. The van der Waals surface area contributed by atoms with Crippen LogP contribution in [0.5, 0.6) is 5.75 Å². The molecule has 2 heterocycles. The zero-order chi connectivity index (χ0) is 29.9. The van der Waals surface area contributed by atoms with E-state index >= 15 is 0 Å². The van der Waals surface area contributed by atoms with E-state index in [0.29, 0.717) is 35.6 Å². The third kappa shape index (κ3) is 6.64. The van der Waals surface area contributed by atoms with Crippen molar-refractivity contribution in [1.82, 2.24) is 21.1 Å². The summed E-state index contributed by atoms with van der Waals surface area (Å²) in [7, 11) is 0. The van der Waals surface area contributed by atoms with Crippen molar-refractivity contribution >= 4 is 29.3 Å². The molecule has 3 amide bonds. The van der Waals surface area contributed by atoms with Crippen molar-refractivity contribution in [3.05, 3.63) is 64.2 Å². The van der Waals surface area contributed by atoms with Crippen molar-refractivity contribution in [2.24, 2.45) is 5.41 Å². The van der Waals surface area contributed by atoms with Crippen LogP contribution in [0, 0.1) is 23.7 Å². The molecular formula is C30H36ClN5O5. The molecule has 0 aromatic heterocycles. The second-order valence-electron chi connectivity index (χ2n) is 11.3. The Morgan fingerprint density at radius 2 is 2.02 bits per heavy atom. The smallest absolute Gasteiger partial charge is 0.275 e. The molecule has 2 aliphatic rings. The van der Waals surface area contributed by atoms with Gasteiger partial charge >= 0.3 is 0 Å². The summed E-state index contributed by atoms with van der Waals surface area (Å²) in [4.78, 5) is 40.9. The monoisotopic (exact) mass is 581 g/mol. The molecule has 2 fully saturated rings. The summed E-state index contributed by atoms with van der Waals surface area (Å²) < 4.78 is 5.91. The Hall–Kier alpha value is -3.65. The van der Waals surface area contributed by atoms with Gasteiger partial charge in [0.05, 0.1) is 30.2 Å². The molecule has 4 N–H and O–H groups in total. The number of carbonyl (C=O) groups excluding carboxylic acids is 3. The van der Waals surface area contributed by atoms with Gasteiger partial charge in [-0.05, 0) is 82.0 Å². The van der Waals surface area contributed by atoms with Crippen LogP contribution in [0.3, 0.4) is 0 Å². The SMILES string of the molecule is Cc1cc(C(=O)N[C@H](CO)C(=O)N2[C@H](c3cccc(Cl)c3)CC[C@@H]2C(C)(C)C#N)ccc1OC1CC(C)NNC1=O. The van der Waals surface area contributed by atoms with E-state index in [4.69, 9.17) is 16.3 Å². The molecule has 0 bridgehead atoms. The summed E-state index contributed by atoms with van der Waals surface area (Å²) in [6, 6.07) is 12.3. The van der Waals surface area contributed by atoms with E-state index in [9.17, 15) is 24.8 Å². The van der Waals surface area contributed by atoms with E-state index in [0.717, 1.165) is 5.56 Å². The molecule has 4 rings (SSSR count). The zero-order valence-electron chi connectivity index (χ0n) is 23.6. The molecule has 0 radical (unpaired) electrons. The summed E-state index contributed by atoms with van der Waals surface area (Å²) in [5, 5.41) is 23.3. The zero-order valence-corrected chi connectivity index (χ0v) is 24.4. The highest BCUT2D eigenvalue weighted by atomic mass is 35.5. The number of aliphatic hydroxyl groups is 1. The van der Waals surface area contributed by atoms with Crippen LogP contribution in [0.4, 0.5) is 0 Å². The highest BCUT2D eigenvalue weighted by Crippen LogP contribution is 2.43. The number of nitriles is 1. The first-order valence-corrected chi connectivity index (χ1v) is 14.1. The van der Waals surface area contributed by atoms with Gasteiger partial charge in [0, 0.05) is 23.0 Å². The minimum absolute atomic E-state index is 0.0448. The van der Waals surface area contributed by atoms with Gasteiger partial charge in [0.25, 0.3) is 11.8 Å². The third-order valence-corrected chi connectivity index (χ3v) is 8.02. The maximum atomic E-state index is 13.9. The molecule has 2 unspecified atom stereocenters. The lowest BCUT2D eigenvalue weighted by Gasteiger charge is -2.38. The van der Waals surface area contributed by atoms with Crippen molar-refractivity contribution in [2.75, 3.05) is 6.61 Å². The Bertz CT molecular complexity index is 1360. The van der Waals surface area contributed by atoms with Crippen molar-refractivity contribution in [2.45, 2.75) is 77.2 Å². The Morgan fingerprint density at radius 1 is 1.27 bits per heavy atom. The predicted octanol–water partition coefficient (Wildman–Crippen LogP) is 3.18. The van der Waals surface area contributed by atoms with Crippen LogP contribution in [0.1, 0.15) is 67.6 Å². The van der Waals surface area contributed by atoms with Gasteiger partial charge in [-0.3, -0.25) is 19.8 Å². The molecule has 2 aromatic rings. The molecule has 5 atom stereocenters. The number of nitrogens with one attached hydrogen (secondary N) is 3. The fourth-order valence-corrected chi connectivity index (χ4v) is 5.69. The molecule has 0 saturated carbocycles. The number of ether oxygens (including phenoxy) is 1. The number of carbonyl (C=O) groups is 3. The molecule has 41 heavy (non-hydrogen) atoms. The molecule has 218 valence electrons. The van der Waals surface area contributed by atoms with Crippen molar-refractivity contribution in [1.29, 1.82) is 5.26 Å². The molecule has 0 spiro atoms. The van der Waals surface area contributed by atoms with Crippen LogP contribution < -0.4 is 20.9 Å². The second kappa shape index (κ2) is 12.5. The second-order valence-corrected chi connectivity index (χ2v) is 11.7. The van der Waals surface area contributed by atoms with E-state index in [1.165, 1.54) is 0 Å². The Morgan fingerprint density at radius 3 is 2.68 bits per heavy atom. The van der Waals surface area contributed by atoms with Crippen molar-refractivity contribution < 1.29 is 24.2 Å². The highest BCUT2D eigenvalue weighted by molar-refractivity contribution is 6.30. The number of hydrogen-bond donors (Lipinski definition) is 4. The predicted molar refractivity (Wildman–Crippen MR) is 153 cm³/mol. The van der Waals surface area contributed by atoms with Crippen molar-refractivity contribution in [3.8, 4) is 11.8 Å². The summed E-state index contributed by atoms with van der Waals surface area (Å²) in [6.07, 6.45) is 1.02. The van der Waals surface area contributed by atoms with Crippen LogP contribution in [0.25, 0.3) is 0 Å². The number of aryl methyl sites for hydroxylation is 1. The first kappa shape index (κ1) is 30.3. The van der Waals surface area contributed by atoms with E-state index in [1.807, 2.05) is 19.1 Å². The van der Waals surface area contributed by atoms with Gasteiger partial charge in [0.1, 0.15) is 11.8 Å². The van der Waals surface area contributed by atoms with Gasteiger partial charge in [-0.15, -0.1) is 0 Å². The summed E-state index contributed by atoms with van der Waals surface area (Å²) in [5.41, 5.74) is 6.32. The van der Waals surface area contributed by atoms with Crippen LogP contribution >= 0.6 is 11.6 Å². The topological polar surface area (TPSA) is 144 Å². The molecule has 2 saturated heterocycles. The van der Waals surface area contributed by atoms with Gasteiger partial charge in [0.15, 0.2) is 6.10 Å². The minimum atomic E-state index is -1.23. The Balaban J connectivity index is 1.53. The largest absolute Gasteiger partial charge is 0.480 e. The van der Waals surface area contributed by atoms with Gasteiger partial charge in [-0.1, -0.05) is 23.7 Å². The Labute approximate surface area is 245 Å². The van der Waals surface area contributed by atoms with Gasteiger partial charge in [-0.25, -0.2) is 5.43 Å². The van der Waals surface area contributed by atoms with Crippen LogP contribution in [-0.4, -0.2) is 58.6 Å². The lowest BCUT2D eigenvalue weighted by molar-refractivity contribution is -0.139. The third-order valence-electron chi connectivity index (χ3n) is 7.79. The van der Waals surface area contributed by atoms with Crippen molar-refractivity contribution in [3.63, 3.8) is 0 Å².